The first-order valence-electron chi connectivity index (χ1n) is 6.89. The van der Waals surface area contributed by atoms with E-state index in [0.717, 1.165) is 21.6 Å². The number of para-hydroxylation sites is 1. The summed E-state index contributed by atoms with van der Waals surface area (Å²) in [5, 5.41) is 18.5. The first-order chi connectivity index (χ1) is 11.2. The van der Waals surface area contributed by atoms with E-state index in [1.165, 1.54) is 11.3 Å². The maximum atomic E-state index is 12.3. The number of thiophene rings is 1. The van der Waals surface area contributed by atoms with Gasteiger partial charge in [0.15, 0.2) is 0 Å². The summed E-state index contributed by atoms with van der Waals surface area (Å²) in [5.74, 6) is 0.376. The van der Waals surface area contributed by atoms with E-state index >= 15 is 0 Å². The van der Waals surface area contributed by atoms with Gasteiger partial charge in [0.2, 0.25) is 0 Å². The van der Waals surface area contributed by atoms with Gasteiger partial charge in [-0.15, -0.1) is 5.10 Å². The van der Waals surface area contributed by atoms with Gasteiger partial charge in [0, 0.05) is 5.56 Å². The number of H-pyrrole nitrogens is 1. The molecule has 0 saturated carbocycles. The second kappa shape index (κ2) is 5.00. The maximum absolute atomic E-state index is 12.3. The quantitative estimate of drug-likeness (QED) is 0.609. The van der Waals surface area contributed by atoms with Crippen molar-refractivity contribution in [1.82, 2.24) is 25.0 Å². The molecule has 0 fully saturated rings. The zero-order chi connectivity index (χ0) is 16.0. The van der Waals surface area contributed by atoms with Crippen molar-refractivity contribution in [3.8, 4) is 11.1 Å². The smallest absolute Gasteiger partial charge is 0.260 e. The molecule has 8 heteroatoms. The number of fused-ring (bicyclic) bond motifs is 2. The van der Waals surface area contributed by atoms with E-state index < -0.39 is 0 Å². The summed E-state index contributed by atoms with van der Waals surface area (Å²) in [5.41, 5.74) is 2.23. The van der Waals surface area contributed by atoms with Crippen molar-refractivity contribution in [3.63, 3.8) is 0 Å². The fourth-order valence-corrected chi connectivity index (χ4v) is 3.72. The van der Waals surface area contributed by atoms with Gasteiger partial charge >= 0.3 is 0 Å². The summed E-state index contributed by atoms with van der Waals surface area (Å²) >= 11 is 1.37. The Bertz CT molecular complexity index is 1150. The third-order valence-electron chi connectivity index (χ3n) is 3.62. The van der Waals surface area contributed by atoms with Crippen LogP contribution in [0.4, 0.5) is 0 Å². The molecule has 0 amide bonds. The Morgan fingerprint density at radius 2 is 2.22 bits per heavy atom. The molecule has 112 valence electrons. The summed E-state index contributed by atoms with van der Waals surface area (Å²) in [6, 6.07) is 9.63. The van der Waals surface area contributed by atoms with Crippen molar-refractivity contribution in [2.24, 2.45) is 0 Å². The summed E-state index contributed by atoms with van der Waals surface area (Å²) in [6.45, 7) is 1.87. The van der Waals surface area contributed by atoms with Crippen LogP contribution in [0.3, 0.4) is 0 Å². The van der Waals surface area contributed by atoms with Crippen LogP contribution in [0.5, 0.6) is 0 Å². The molecule has 3 aromatic heterocycles. The maximum Gasteiger partial charge on any atom is 0.260 e. The van der Waals surface area contributed by atoms with Crippen LogP contribution in [0.2, 0.25) is 0 Å². The third kappa shape index (κ3) is 2.02. The highest BCUT2D eigenvalue weighted by atomic mass is 32.1. The monoisotopic (exact) mass is 322 g/mol. The number of aromatic amines is 1. The number of nitriles is 1. The number of hydrogen-bond donors (Lipinski definition) is 1. The molecule has 0 bridgehead atoms. The van der Waals surface area contributed by atoms with Crippen LogP contribution in [0.15, 0.2) is 29.1 Å². The minimum Gasteiger partial charge on any atom is -0.309 e. The van der Waals surface area contributed by atoms with E-state index in [1.54, 1.807) is 4.68 Å². The lowest BCUT2D eigenvalue weighted by molar-refractivity contribution is 0.832. The van der Waals surface area contributed by atoms with Crippen molar-refractivity contribution in [2.45, 2.75) is 13.3 Å². The van der Waals surface area contributed by atoms with E-state index in [9.17, 15) is 4.79 Å². The van der Waals surface area contributed by atoms with E-state index in [0.29, 0.717) is 16.0 Å². The average molecular weight is 322 g/mol. The van der Waals surface area contributed by atoms with Crippen molar-refractivity contribution in [3.05, 3.63) is 46.0 Å². The average Bonchev–Trinajstić information content (AvgIpc) is 3.09. The molecule has 0 aliphatic heterocycles. The molecule has 3 heterocycles. The molecule has 1 aromatic carbocycles. The van der Waals surface area contributed by atoms with Gasteiger partial charge in [0.25, 0.3) is 5.56 Å². The molecular formula is C15H10N6OS. The number of nitrogens with one attached hydrogen (secondary N) is 1. The third-order valence-corrected chi connectivity index (χ3v) is 4.78. The fraction of sp³-hybridized carbons (Fsp3) is 0.133. The second-order valence-corrected chi connectivity index (χ2v) is 6.03. The highest BCUT2D eigenvalue weighted by Gasteiger charge is 2.17. The van der Waals surface area contributed by atoms with Crippen LogP contribution in [-0.4, -0.2) is 25.0 Å². The zero-order valence-corrected chi connectivity index (χ0v) is 12.9. The Balaban J connectivity index is 2.02. The molecular weight excluding hydrogens is 312 g/mol. The van der Waals surface area contributed by atoms with Gasteiger partial charge in [-0.25, -0.2) is 9.67 Å². The Hall–Kier alpha value is -3.05. The van der Waals surface area contributed by atoms with Gasteiger partial charge < -0.3 is 4.98 Å². The van der Waals surface area contributed by atoms with Crippen LogP contribution in [0, 0.1) is 18.3 Å². The highest BCUT2D eigenvalue weighted by Crippen LogP contribution is 2.31. The highest BCUT2D eigenvalue weighted by molar-refractivity contribution is 7.21. The van der Waals surface area contributed by atoms with Gasteiger partial charge in [-0.1, -0.05) is 28.7 Å². The summed E-state index contributed by atoms with van der Waals surface area (Å²) < 4.78 is 1.72. The molecule has 4 aromatic rings. The Morgan fingerprint density at radius 1 is 1.39 bits per heavy atom. The van der Waals surface area contributed by atoms with Crippen LogP contribution >= 0.6 is 11.3 Å². The lowest BCUT2D eigenvalue weighted by Crippen LogP contribution is -2.11. The van der Waals surface area contributed by atoms with E-state index in [-0.39, 0.29) is 12.0 Å². The van der Waals surface area contributed by atoms with Gasteiger partial charge in [-0.2, -0.15) is 5.26 Å². The van der Waals surface area contributed by atoms with Gasteiger partial charge in [0.05, 0.1) is 23.4 Å². The number of aryl methyl sites for hydroxylation is 1. The fourth-order valence-electron chi connectivity index (χ4n) is 2.56. The number of rotatable bonds is 2. The molecule has 0 atom stereocenters. The minimum atomic E-state index is -0.232. The molecule has 0 radical (unpaired) electrons. The zero-order valence-electron chi connectivity index (χ0n) is 12.1. The Morgan fingerprint density at radius 3 is 3.04 bits per heavy atom. The van der Waals surface area contributed by atoms with Crippen molar-refractivity contribution >= 4 is 32.6 Å². The van der Waals surface area contributed by atoms with E-state index in [1.807, 2.05) is 37.3 Å². The SMILES string of the molecule is Cc1c(-n2nnc3ccccc32)sc2nc(CC#N)[nH]c(=O)c12. The first-order valence-corrected chi connectivity index (χ1v) is 7.70. The van der Waals surface area contributed by atoms with Gasteiger partial charge in [0.1, 0.15) is 21.2 Å². The molecule has 0 aliphatic rings. The molecule has 23 heavy (non-hydrogen) atoms. The van der Waals surface area contributed by atoms with Crippen LogP contribution in [-0.2, 0) is 6.42 Å². The molecule has 0 saturated heterocycles. The molecule has 0 unspecified atom stereocenters. The summed E-state index contributed by atoms with van der Waals surface area (Å²) in [4.78, 5) is 19.9. The second-order valence-electron chi connectivity index (χ2n) is 5.05. The van der Waals surface area contributed by atoms with Crippen molar-refractivity contribution in [2.75, 3.05) is 0 Å². The molecule has 7 nitrogen and oxygen atoms in total. The number of aromatic nitrogens is 5. The summed E-state index contributed by atoms with van der Waals surface area (Å²) in [7, 11) is 0. The minimum absolute atomic E-state index is 0.0731. The molecule has 0 spiro atoms. The number of nitrogens with zero attached hydrogens (tertiary/aromatic N) is 5. The number of benzene rings is 1. The van der Waals surface area contributed by atoms with E-state index in [4.69, 9.17) is 5.26 Å². The topological polar surface area (TPSA) is 100 Å². The van der Waals surface area contributed by atoms with Gasteiger partial charge in [-0.05, 0) is 19.1 Å². The molecule has 0 aliphatic carbocycles. The lowest BCUT2D eigenvalue weighted by atomic mass is 10.2. The first kappa shape index (κ1) is 13.6. The normalized spacial score (nSPS) is 11.1. The summed E-state index contributed by atoms with van der Waals surface area (Å²) in [6.07, 6.45) is 0.0731. The molecule has 4 rings (SSSR count). The van der Waals surface area contributed by atoms with E-state index in [2.05, 4.69) is 20.3 Å². The Labute approximate surface area is 133 Å². The number of hydrogen-bond acceptors (Lipinski definition) is 6. The van der Waals surface area contributed by atoms with Crippen LogP contribution in [0.1, 0.15) is 11.4 Å². The predicted octanol–water partition coefficient (Wildman–Crippen LogP) is 2.09. The van der Waals surface area contributed by atoms with Crippen LogP contribution < -0.4 is 5.56 Å². The predicted molar refractivity (Wildman–Crippen MR) is 86.7 cm³/mol. The van der Waals surface area contributed by atoms with Crippen molar-refractivity contribution < 1.29 is 0 Å². The van der Waals surface area contributed by atoms with Crippen LogP contribution in [0.25, 0.3) is 26.3 Å². The standard InChI is InChI=1S/C15H10N6OS/c1-8-12-13(22)17-11(6-7-16)18-14(12)23-15(8)21-10-5-3-2-4-9(10)19-20-21/h2-5H,6H2,1H3,(H,17,18,22). The Kier molecular flexibility index (Phi) is 2.96. The van der Waals surface area contributed by atoms with Crippen molar-refractivity contribution in [1.29, 1.82) is 5.26 Å². The lowest BCUT2D eigenvalue weighted by Gasteiger charge is -1.99. The molecule has 1 N–H and O–H groups in total. The van der Waals surface area contributed by atoms with Gasteiger partial charge in [-0.3, -0.25) is 4.79 Å². The largest absolute Gasteiger partial charge is 0.309 e.